The number of nitrogens with one attached hydrogen (secondary N) is 2. The highest BCUT2D eigenvalue weighted by atomic mass is 35.5. The van der Waals surface area contributed by atoms with Gasteiger partial charge in [-0.1, -0.05) is 49.7 Å². The van der Waals surface area contributed by atoms with Crippen LogP contribution >= 0.6 is 11.6 Å². The van der Waals surface area contributed by atoms with Crippen LogP contribution in [0.2, 0.25) is 5.02 Å². The molecule has 3 atom stereocenters. The van der Waals surface area contributed by atoms with E-state index in [9.17, 15) is 29.4 Å². The van der Waals surface area contributed by atoms with E-state index in [2.05, 4.69) is 10.6 Å². The van der Waals surface area contributed by atoms with E-state index < -0.39 is 41.8 Å². The number of nitrogens with two attached hydrogens (primary N) is 1. The van der Waals surface area contributed by atoms with Crippen molar-refractivity contribution in [1.29, 1.82) is 0 Å². The number of likely N-dealkylation sites (N-methyl/N-ethyl adjacent to an activating group) is 1. The molecule has 11 heteroatoms. The lowest BCUT2D eigenvalue weighted by Gasteiger charge is -2.25. The Morgan fingerprint density at radius 1 is 0.921 bits per heavy atom. The van der Waals surface area contributed by atoms with Gasteiger partial charge in [-0.3, -0.25) is 14.4 Å². The predicted octanol–water partition coefficient (Wildman–Crippen LogP) is 1.72. The molecular formula is C27H35ClN4O6. The SMILES string of the molecule is CC(C)C[C@H](NC(=O)[C@H](Cc1ccc(Cl)cc1)NC(=O)CN(C)C(=O)[C@@H](N)Cc1ccc(O)cc1)C(=O)O. The first-order chi connectivity index (χ1) is 17.8. The van der Waals surface area contributed by atoms with Crippen LogP contribution in [0, 0.1) is 5.92 Å². The molecule has 0 spiro atoms. The van der Waals surface area contributed by atoms with Gasteiger partial charge in [0.05, 0.1) is 12.6 Å². The summed E-state index contributed by atoms with van der Waals surface area (Å²) in [5.41, 5.74) is 7.48. The molecule has 0 aromatic heterocycles. The van der Waals surface area contributed by atoms with Gasteiger partial charge in [-0.15, -0.1) is 0 Å². The zero-order valence-electron chi connectivity index (χ0n) is 21.7. The number of amides is 3. The van der Waals surface area contributed by atoms with Crippen LogP contribution in [0.25, 0.3) is 0 Å². The summed E-state index contributed by atoms with van der Waals surface area (Å²) < 4.78 is 0. The molecule has 0 saturated heterocycles. The maximum atomic E-state index is 13.1. The topological polar surface area (TPSA) is 162 Å². The van der Waals surface area contributed by atoms with Crippen molar-refractivity contribution in [2.75, 3.05) is 13.6 Å². The maximum absolute atomic E-state index is 13.1. The summed E-state index contributed by atoms with van der Waals surface area (Å²) in [7, 11) is 1.43. The van der Waals surface area contributed by atoms with Crippen molar-refractivity contribution in [3.05, 3.63) is 64.7 Å². The van der Waals surface area contributed by atoms with Gasteiger partial charge in [-0.2, -0.15) is 0 Å². The zero-order chi connectivity index (χ0) is 28.4. The van der Waals surface area contributed by atoms with Crippen LogP contribution in [0.4, 0.5) is 0 Å². The van der Waals surface area contributed by atoms with Crippen LogP contribution in [0.15, 0.2) is 48.5 Å². The highest BCUT2D eigenvalue weighted by Gasteiger charge is 2.28. The summed E-state index contributed by atoms with van der Waals surface area (Å²) in [6.07, 6.45) is 0.513. The van der Waals surface area contributed by atoms with Gasteiger partial charge in [0, 0.05) is 18.5 Å². The van der Waals surface area contributed by atoms with Crippen LogP contribution in [0.3, 0.4) is 0 Å². The number of phenolic OH excluding ortho intramolecular Hbond substituents is 1. The third-order valence-electron chi connectivity index (χ3n) is 5.79. The summed E-state index contributed by atoms with van der Waals surface area (Å²) in [5, 5.41) is 24.6. The summed E-state index contributed by atoms with van der Waals surface area (Å²) in [6.45, 7) is 3.32. The Morgan fingerprint density at radius 3 is 2.03 bits per heavy atom. The minimum Gasteiger partial charge on any atom is -0.508 e. The van der Waals surface area contributed by atoms with Crippen molar-refractivity contribution < 1.29 is 29.4 Å². The lowest BCUT2D eigenvalue weighted by Crippen LogP contribution is -2.54. The molecule has 2 aromatic rings. The number of rotatable bonds is 13. The maximum Gasteiger partial charge on any atom is 0.326 e. The summed E-state index contributed by atoms with van der Waals surface area (Å²) in [6, 6.07) is 9.86. The second kappa shape index (κ2) is 14.3. The van der Waals surface area contributed by atoms with Crippen LogP contribution in [-0.4, -0.2) is 70.5 Å². The molecule has 0 aliphatic heterocycles. The Kier molecular flexibility index (Phi) is 11.5. The van der Waals surface area contributed by atoms with Crippen molar-refractivity contribution in [3.63, 3.8) is 0 Å². The largest absolute Gasteiger partial charge is 0.508 e. The number of aromatic hydroxyl groups is 1. The van der Waals surface area contributed by atoms with E-state index in [0.29, 0.717) is 10.6 Å². The van der Waals surface area contributed by atoms with E-state index in [1.807, 2.05) is 13.8 Å². The van der Waals surface area contributed by atoms with E-state index in [-0.39, 0.29) is 37.5 Å². The minimum atomic E-state index is -1.17. The molecule has 3 amide bonds. The Bertz CT molecular complexity index is 1110. The Labute approximate surface area is 227 Å². The van der Waals surface area contributed by atoms with Crippen LogP contribution in [-0.2, 0) is 32.0 Å². The van der Waals surface area contributed by atoms with Gasteiger partial charge < -0.3 is 31.5 Å². The molecule has 0 fully saturated rings. The minimum absolute atomic E-state index is 0.0196. The number of carboxylic acid groups (broad SMARTS) is 1. The van der Waals surface area contributed by atoms with Gasteiger partial charge >= 0.3 is 5.97 Å². The van der Waals surface area contributed by atoms with E-state index in [1.165, 1.54) is 19.2 Å². The van der Waals surface area contributed by atoms with E-state index in [4.69, 9.17) is 17.3 Å². The molecule has 0 unspecified atom stereocenters. The molecular weight excluding hydrogens is 512 g/mol. The van der Waals surface area contributed by atoms with E-state index >= 15 is 0 Å². The third kappa shape index (κ3) is 10.0. The van der Waals surface area contributed by atoms with E-state index in [1.54, 1.807) is 36.4 Å². The molecule has 0 aliphatic carbocycles. The number of hydrogen-bond acceptors (Lipinski definition) is 6. The third-order valence-corrected chi connectivity index (χ3v) is 6.04. The van der Waals surface area contributed by atoms with Crippen LogP contribution < -0.4 is 16.4 Å². The number of carboxylic acids is 1. The first kappa shape index (κ1) is 30.6. The first-order valence-electron chi connectivity index (χ1n) is 12.2. The van der Waals surface area contributed by atoms with E-state index in [0.717, 1.165) is 10.5 Å². The molecule has 0 heterocycles. The molecule has 0 bridgehead atoms. The molecule has 0 aliphatic rings. The second-order valence-electron chi connectivity index (χ2n) is 9.65. The summed E-state index contributed by atoms with van der Waals surface area (Å²) in [4.78, 5) is 51.5. The molecule has 206 valence electrons. The number of halogens is 1. The number of hydrogen-bond donors (Lipinski definition) is 5. The normalized spacial score (nSPS) is 13.3. The number of phenols is 1. The fourth-order valence-corrected chi connectivity index (χ4v) is 3.95. The number of nitrogens with zero attached hydrogens (tertiary/aromatic N) is 1. The van der Waals surface area contributed by atoms with Crippen molar-refractivity contribution in [2.45, 2.75) is 51.2 Å². The standard InChI is InChI=1S/C27H35ClN4O6/c1-16(2)12-23(27(37)38)31-25(35)22(14-18-4-8-19(28)9-5-18)30-24(34)15-32(3)26(36)21(29)13-17-6-10-20(33)11-7-17/h4-11,16,21-23,33H,12-15,29H2,1-3H3,(H,30,34)(H,31,35)(H,37,38)/t21-,22-,23-/m0/s1. The Morgan fingerprint density at radius 2 is 1.47 bits per heavy atom. The lowest BCUT2D eigenvalue weighted by atomic mass is 10.0. The monoisotopic (exact) mass is 546 g/mol. The van der Waals surface area contributed by atoms with Crippen LogP contribution in [0.5, 0.6) is 5.75 Å². The van der Waals surface area contributed by atoms with Gasteiger partial charge in [0.2, 0.25) is 17.7 Å². The second-order valence-corrected chi connectivity index (χ2v) is 10.1. The first-order valence-corrected chi connectivity index (χ1v) is 12.6. The molecule has 2 rings (SSSR count). The number of aliphatic carboxylic acids is 1. The van der Waals surface area contributed by atoms with Gasteiger partial charge in [0.15, 0.2) is 0 Å². The predicted molar refractivity (Wildman–Crippen MR) is 144 cm³/mol. The van der Waals surface area contributed by atoms with Crippen molar-refractivity contribution in [2.24, 2.45) is 11.7 Å². The zero-order valence-corrected chi connectivity index (χ0v) is 22.4. The number of benzene rings is 2. The fraction of sp³-hybridized carbons (Fsp3) is 0.407. The Balaban J connectivity index is 2.08. The number of carbonyl (C=O) groups excluding carboxylic acids is 3. The molecule has 0 saturated carbocycles. The molecule has 38 heavy (non-hydrogen) atoms. The molecule has 6 N–H and O–H groups in total. The number of carbonyl (C=O) groups is 4. The van der Waals surface area contributed by atoms with Crippen molar-refractivity contribution in [3.8, 4) is 5.75 Å². The van der Waals surface area contributed by atoms with Crippen molar-refractivity contribution >= 4 is 35.3 Å². The highest BCUT2D eigenvalue weighted by molar-refractivity contribution is 6.30. The lowest BCUT2D eigenvalue weighted by molar-refractivity contribution is -0.143. The average molecular weight is 547 g/mol. The molecule has 10 nitrogen and oxygen atoms in total. The molecule has 2 aromatic carbocycles. The van der Waals surface area contributed by atoms with Crippen LogP contribution in [0.1, 0.15) is 31.4 Å². The average Bonchev–Trinajstić information content (AvgIpc) is 2.84. The summed E-state index contributed by atoms with van der Waals surface area (Å²) >= 11 is 5.94. The Hall–Kier alpha value is -3.63. The van der Waals surface area contributed by atoms with Gasteiger partial charge in [-0.25, -0.2) is 4.79 Å². The smallest absolute Gasteiger partial charge is 0.326 e. The highest BCUT2D eigenvalue weighted by Crippen LogP contribution is 2.13. The fourth-order valence-electron chi connectivity index (χ4n) is 3.82. The van der Waals surface area contributed by atoms with Crippen molar-refractivity contribution in [1.82, 2.24) is 15.5 Å². The van der Waals surface area contributed by atoms with Gasteiger partial charge in [-0.05, 0) is 54.2 Å². The summed E-state index contributed by atoms with van der Waals surface area (Å²) in [5.74, 6) is -2.79. The van der Waals surface area contributed by atoms with Gasteiger partial charge in [0.25, 0.3) is 0 Å². The molecule has 0 radical (unpaired) electrons. The quantitative estimate of drug-likeness (QED) is 0.255. The van der Waals surface area contributed by atoms with Gasteiger partial charge in [0.1, 0.15) is 17.8 Å².